The molecule has 0 saturated heterocycles. The van der Waals surface area contributed by atoms with Crippen LogP contribution in [0.25, 0.3) is 0 Å². The van der Waals surface area contributed by atoms with Crippen LogP contribution in [0.5, 0.6) is 0 Å². The second-order valence-corrected chi connectivity index (χ2v) is 6.60. The van der Waals surface area contributed by atoms with Gasteiger partial charge in [0, 0.05) is 0 Å². The predicted octanol–water partition coefficient (Wildman–Crippen LogP) is 2.47. The van der Waals surface area contributed by atoms with Gasteiger partial charge in [-0.2, -0.15) is 0 Å². The fourth-order valence-electron chi connectivity index (χ4n) is 3.17. The van der Waals surface area contributed by atoms with Gasteiger partial charge in [0.05, 0.1) is 18.9 Å². The van der Waals surface area contributed by atoms with E-state index >= 15 is 0 Å². The molecule has 19 heavy (non-hydrogen) atoms. The molecule has 0 spiro atoms. The number of ether oxygens (including phenoxy) is 2. The average molecular weight is 266 g/mol. The van der Waals surface area contributed by atoms with Gasteiger partial charge >= 0.3 is 11.9 Å². The Kier molecular flexibility index (Phi) is 3.45. The van der Waals surface area contributed by atoms with Crippen molar-refractivity contribution in [3.63, 3.8) is 0 Å². The lowest BCUT2D eigenvalue weighted by Crippen LogP contribution is -2.42. The molecule has 4 heteroatoms. The summed E-state index contributed by atoms with van der Waals surface area (Å²) in [5.74, 6) is -0.109. The van der Waals surface area contributed by atoms with E-state index in [0.717, 1.165) is 6.42 Å². The molecule has 0 radical (unpaired) electrons. The van der Waals surface area contributed by atoms with E-state index in [1.54, 1.807) is 0 Å². The first-order valence-electron chi connectivity index (χ1n) is 6.75. The minimum absolute atomic E-state index is 0.103. The molecule has 3 unspecified atom stereocenters. The highest BCUT2D eigenvalue weighted by molar-refractivity contribution is 5.85. The molecule has 1 fully saturated rings. The summed E-state index contributed by atoms with van der Waals surface area (Å²) in [4.78, 5) is 24.2. The third-order valence-corrected chi connectivity index (χ3v) is 4.00. The van der Waals surface area contributed by atoms with Gasteiger partial charge in [0.15, 0.2) is 0 Å². The summed E-state index contributed by atoms with van der Waals surface area (Å²) in [6.45, 7) is 5.54. The Morgan fingerprint density at radius 3 is 2.42 bits per heavy atom. The molecule has 3 atom stereocenters. The number of esters is 2. The minimum atomic E-state index is -0.722. The van der Waals surface area contributed by atoms with Crippen molar-refractivity contribution in [3.05, 3.63) is 12.2 Å². The van der Waals surface area contributed by atoms with Gasteiger partial charge < -0.3 is 9.47 Å². The number of hydrogen-bond donors (Lipinski definition) is 0. The Morgan fingerprint density at radius 2 is 2.00 bits per heavy atom. The number of methoxy groups -OCH3 is 1. The van der Waals surface area contributed by atoms with E-state index in [1.165, 1.54) is 7.11 Å². The highest BCUT2D eigenvalue weighted by atomic mass is 16.6. The van der Waals surface area contributed by atoms with Crippen molar-refractivity contribution in [1.82, 2.24) is 0 Å². The molecule has 0 aromatic heterocycles. The molecule has 0 amide bonds. The average Bonchev–Trinajstić information content (AvgIpc) is 2.87. The highest BCUT2D eigenvalue weighted by Crippen LogP contribution is 2.55. The maximum atomic E-state index is 12.6. The van der Waals surface area contributed by atoms with Crippen LogP contribution in [0.4, 0.5) is 0 Å². The standard InChI is InChI=1S/C15H22O4/c1-14(2,3)19-13(17)15(9-12(16)18-4)8-10-5-6-11(15)7-10/h5-6,10-11H,7-9H2,1-4H3. The monoisotopic (exact) mass is 266 g/mol. The van der Waals surface area contributed by atoms with Gasteiger partial charge in [0.25, 0.3) is 0 Å². The van der Waals surface area contributed by atoms with Gasteiger partial charge in [0.2, 0.25) is 0 Å². The number of carbonyl (C=O) groups is 2. The van der Waals surface area contributed by atoms with E-state index in [1.807, 2.05) is 20.8 Å². The van der Waals surface area contributed by atoms with E-state index in [9.17, 15) is 9.59 Å². The molecule has 106 valence electrons. The molecule has 2 aliphatic carbocycles. The maximum Gasteiger partial charge on any atom is 0.313 e. The van der Waals surface area contributed by atoms with Crippen LogP contribution in [-0.2, 0) is 19.1 Å². The Labute approximate surface area is 114 Å². The Morgan fingerprint density at radius 1 is 1.32 bits per heavy atom. The van der Waals surface area contributed by atoms with Crippen molar-refractivity contribution in [2.24, 2.45) is 17.3 Å². The first-order valence-corrected chi connectivity index (χ1v) is 6.75. The van der Waals surface area contributed by atoms with E-state index in [4.69, 9.17) is 9.47 Å². The molecular weight excluding hydrogens is 244 g/mol. The molecule has 0 aliphatic heterocycles. The minimum Gasteiger partial charge on any atom is -0.469 e. The summed E-state index contributed by atoms with van der Waals surface area (Å²) in [6, 6.07) is 0. The van der Waals surface area contributed by atoms with Crippen LogP contribution < -0.4 is 0 Å². The third-order valence-electron chi connectivity index (χ3n) is 4.00. The molecule has 0 N–H and O–H groups in total. The van der Waals surface area contributed by atoms with Crippen LogP contribution in [-0.4, -0.2) is 24.6 Å². The van der Waals surface area contributed by atoms with Crippen molar-refractivity contribution in [1.29, 1.82) is 0 Å². The summed E-state index contributed by atoms with van der Waals surface area (Å²) in [5, 5.41) is 0. The van der Waals surface area contributed by atoms with E-state index in [-0.39, 0.29) is 24.3 Å². The zero-order valence-electron chi connectivity index (χ0n) is 12.1. The topological polar surface area (TPSA) is 52.6 Å². The molecule has 4 nitrogen and oxygen atoms in total. The SMILES string of the molecule is COC(=O)CC1(C(=O)OC(C)(C)C)CC2C=CC1C2. The molecule has 2 bridgehead atoms. The Hall–Kier alpha value is -1.32. The van der Waals surface area contributed by atoms with Crippen molar-refractivity contribution in [2.45, 2.75) is 45.6 Å². The van der Waals surface area contributed by atoms with Gasteiger partial charge in [-0.05, 0) is 45.4 Å². The molecule has 2 aliphatic rings. The van der Waals surface area contributed by atoms with E-state index in [2.05, 4.69) is 12.2 Å². The number of allylic oxidation sites excluding steroid dienone is 2. The predicted molar refractivity (Wildman–Crippen MR) is 70.3 cm³/mol. The van der Waals surface area contributed by atoms with Crippen LogP contribution in [0, 0.1) is 17.3 Å². The highest BCUT2D eigenvalue weighted by Gasteiger charge is 2.56. The van der Waals surface area contributed by atoms with Crippen molar-refractivity contribution in [2.75, 3.05) is 7.11 Å². The smallest absolute Gasteiger partial charge is 0.313 e. The van der Waals surface area contributed by atoms with Gasteiger partial charge in [-0.3, -0.25) is 9.59 Å². The third kappa shape index (κ3) is 2.67. The summed E-state index contributed by atoms with van der Waals surface area (Å²) in [7, 11) is 1.36. The van der Waals surface area contributed by atoms with Crippen LogP contribution in [0.2, 0.25) is 0 Å². The van der Waals surface area contributed by atoms with Gasteiger partial charge in [-0.25, -0.2) is 0 Å². The van der Waals surface area contributed by atoms with Crippen LogP contribution in [0.15, 0.2) is 12.2 Å². The summed E-state index contributed by atoms with van der Waals surface area (Å²) < 4.78 is 10.3. The number of rotatable bonds is 3. The fraction of sp³-hybridized carbons (Fsp3) is 0.733. The largest absolute Gasteiger partial charge is 0.469 e. The van der Waals surface area contributed by atoms with Crippen molar-refractivity contribution < 1.29 is 19.1 Å². The van der Waals surface area contributed by atoms with Gasteiger partial charge in [0.1, 0.15) is 5.60 Å². The molecule has 0 heterocycles. The molecular formula is C15H22O4. The van der Waals surface area contributed by atoms with Crippen LogP contribution in [0.3, 0.4) is 0 Å². The normalized spacial score (nSPS) is 32.4. The lowest BCUT2D eigenvalue weighted by atomic mass is 9.73. The lowest BCUT2D eigenvalue weighted by molar-refractivity contribution is -0.173. The summed E-state index contributed by atoms with van der Waals surface area (Å²) in [5.41, 5.74) is -1.26. The van der Waals surface area contributed by atoms with E-state index < -0.39 is 11.0 Å². The van der Waals surface area contributed by atoms with Crippen molar-refractivity contribution >= 4 is 11.9 Å². The lowest BCUT2D eigenvalue weighted by Gasteiger charge is -2.35. The molecule has 0 aromatic carbocycles. The van der Waals surface area contributed by atoms with Crippen LogP contribution in [0.1, 0.15) is 40.0 Å². The Balaban J connectivity index is 2.23. The summed E-state index contributed by atoms with van der Waals surface area (Å²) >= 11 is 0. The molecule has 0 aromatic rings. The summed E-state index contributed by atoms with van der Waals surface area (Å²) in [6.07, 6.45) is 5.95. The maximum absolute atomic E-state index is 12.6. The first-order chi connectivity index (χ1) is 8.77. The molecule has 2 rings (SSSR count). The van der Waals surface area contributed by atoms with Gasteiger partial charge in [-0.1, -0.05) is 12.2 Å². The van der Waals surface area contributed by atoms with E-state index in [0.29, 0.717) is 12.3 Å². The first kappa shape index (κ1) is 14.1. The van der Waals surface area contributed by atoms with Gasteiger partial charge in [-0.15, -0.1) is 0 Å². The number of carbonyl (C=O) groups excluding carboxylic acids is 2. The molecule has 1 saturated carbocycles. The zero-order valence-corrected chi connectivity index (χ0v) is 12.1. The van der Waals surface area contributed by atoms with Crippen molar-refractivity contribution in [3.8, 4) is 0 Å². The van der Waals surface area contributed by atoms with Crippen LogP contribution >= 0.6 is 0 Å². The quantitative estimate of drug-likeness (QED) is 0.581. The Bertz CT molecular complexity index is 418. The number of fused-ring (bicyclic) bond motifs is 2. The fourth-order valence-corrected chi connectivity index (χ4v) is 3.17. The second kappa shape index (κ2) is 4.66. The number of hydrogen-bond acceptors (Lipinski definition) is 4. The second-order valence-electron chi connectivity index (χ2n) is 6.60. The zero-order chi connectivity index (χ0) is 14.3.